The number of rotatable bonds is 11. The maximum Gasteiger partial charge on any atom is 0.405 e. The van der Waals surface area contributed by atoms with Gasteiger partial charge in [-0.2, -0.15) is 13.2 Å². The first-order valence-corrected chi connectivity index (χ1v) is 12.9. The molecule has 5 nitrogen and oxygen atoms in total. The Hall–Kier alpha value is -2.15. The second kappa shape index (κ2) is 10.9. The second-order valence-corrected chi connectivity index (χ2v) is 10.0. The summed E-state index contributed by atoms with van der Waals surface area (Å²) in [4.78, 5) is 12.8. The maximum absolute atomic E-state index is 12.8. The van der Waals surface area contributed by atoms with Crippen LogP contribution in [-0.2, 0) is 24.8 Å². The molecule has 1 aliphatic rings. The SMILES string of the molecule is CCOP(=O)(CCCCc1cccc2c1-c1ccccc1C2C(=O)NCC(F)(F)F)OCC. The molecule has 1 aliphatic carbocycles. The lowest BCUT2D eigenvalue weighted by molar-refractivity contribution is -0.138. The van der Waals surface area contributed by atoms with Gasteiger partial charge in [0.25, 0.3) is 0 Å². The van der Waals surface area contributed by atoms with E-state index >= 15 is 0 Å². The van der Waals surface area contributed by atoms with E-state index in [1.54, 1.807) is 32.0 Å². The van der Waals surface area contributed by atoms with Crippen molar-refractivity contribution >= 4 is 13.5 Å². The molecule has 1 unspecified atom stereocenters. The number of carbonyl (C=O) groups excluding carboxylic acids is 1. The summed E-state index contributed by atoms with van der Waals surface area (Å²) in [5.74, 6) is -1.44. The smallest absolute Gasteiger partial charge is 0.346 e. The van der Waals surface area contributed by atoms with E-state index in [9.17, 15) is 22.5 Å². The van der Waals surface area contributed by atoms with Crippen LogP contribution in [0.3, 0.4) is 0 Å². The molecule has 1 atom stereocenters. The molecule has 0 bridgehead atoms. The zero-order valence-electron chi connectivity index (χ0n) is 18.8. The number of hydrogen-bond acceptors (Lipinski definition) is 4. The Bertz CT molecular complexity index is 1020. The van der Waals surface area contributed by atoms with Gasteiger partial charge in [0.05, 0.1) is 25.3 Å². The van der Waals surface area contributed by atoms with Gasteiger partial charge in [-0.25, -0.2) is 0 Å². The Morgan fingerprint density at radius 2 is 1.67 bits per heavy atom. The molecule has 9 heteroatoms. The van der Waals surface area contributed by atoms with Crippen LogP contribution < -0.4 is 5.32 Å². The minimum atomic E-state index is -4.47. The molecule has 0 heterocycles. The molecular formula is C24H29F3NO4P. The quantitative estimate of drug-likeness (QED) is 0.311. The number of aryl methyl sites for hydroxylation is 1. The second-order valence-electron chi connectivity index (χ2n) is 7.86. The van der Waals surface area contributed by atoms with Gasteiger partial charge in [0.15, 0.2) is 0 Å². The average Bonchev–Trinajstić information content (AvgIpc) is 3.10. The highest BCUT2D eigenvalue weighted by Gasteiger charge is 2.37. The van der Waals surface area contributed by atoms with Crippen molar-refractivity contribution in [2.75, 3.05) is 25.9 Å². The van der Waals surface area contributed by atoms with Gasteiger partial charge < -0.3 is 14.4 Å². The maximum atomic E-state index is 12.8. The number of amides is 1. The molecule has 1 N–H and O–H groups in total. The zero-order chi connectivity index (χ0) is 24.1. The van der Waals surface area contributed by atoms with Crippen LogP contribution >= 0.6 is 7.60 Å². The van der Waals surface area contributed by atoms with Gasteiger partial charge >= 0.3 is 13.8 Å². The molecule has 0 saturated carbocycles. The number of fused-ring (bicyclic) bond motifs is 3. The monoisotopic (exact) mass is 483 g/mol. The minimum Gasteiger partial charge on any atom is -0.346 e. The van der Waals surface area contributed by atoms with Crippen LogP contribution in [0.1, 0.15) is 49.3 Å². The summed E-state index contributed by atoms with van der Waals surface area (Å²) in [6.45, 7) is 2.82. The topological polar surface area (TPSA) is 64.6 Å². The summed E-state index contributed by atoms with van der Waals surface area (Å²) in [7, 11) is -3.10. The van der Waals surface area contributed by atoms with E-state index in [2.05, 4.69) is 0 Å². The van der Waals surface area contributed by atoms with Crippen molar-refractivity contribution in [3.05, 3.63) is 59.2 Å². The fraction of sp³-hybridized carbons (Fsp3) is 0.458. The number of hydrogen-bond donors (Lipinski definition) is 1. The van der Waals surface area contributed by atoms with Gasteiger partial charge in [-0.05, 0) is 60.9 Å². The van der Waals surface area contributed by atoms with E-state index in [0.717, 1.165) is 23.1 Å². The number of nitrogens with one attached hydrogen (secondary N) is 1. The average molecular weight is 483 g/mol. The summed E-state index contributed by atoms with van der Waals surface area (Å²) >= 11 is 0. The molecule has 0 aliphatic heterocycles. The number of halogens is 3. The van der Waals surface area contributed by atoms with Crippen LogP contribution in [0.5, 0.6) is 0 Å². The van der Waals surface area contributed by atoms with E-state index < -0.39 is 32.1 Å². The third-order valence-electron chi connectivity index (χ3n) is 5.54. The Balaban J connectivity index is 1.78. The van der Waals surface area contributed by atoms with Crippen molar-refractivity contribution in [2.45, 2.75) is 45.2 Å². The molecule has 2 aromatic rings. The zero-order valence-corrected chi connectivity index (χ0v) is 19.7. The van der Waals surface area contributed by atoms with Crippen LogP contribution in [0, 0.1) is 0 Å². The van der Waals surface area contributed by atoms with E-state index in [-0.39, 0.29) is 0 Å². The van der Waals surface area contributed by atoms with Crippen LogP contribution in [0.4, 0.5) is 13.2 Å². The summed E-state index contributed by atoms with van der Waals surface area (Å²) in [6, 6.07) is 12.9. The first kappa shape index (κ1) is 25.5. The number of benzene rings is 2. The van der Waals surface area contributed by atoms with Gasteiger partial charge in [0.1, 0.15) is 6.54 Å². The first-order valence-electron chi connectivity index (χ1n) is 11.1. The number of alkyl halides is 3. The van der Waals surface area contributed by atoms with Gasteiger partial charge in [-0.1, -0.05) is 42.5 Å². The van der Waals surface area contributed by atoms with Crippen LogP contribution in [0.15, 0.2) is 42.5 Å². The van der Waals surface area contributed by atoms with Crippen molar-refractivity contribution < 1.29 is 31.6 Å². The predicted molar refractivity (Wildman–Crippen MR) is 121 cm³/mol. The number of carbonyl (C=O) groups is 1. The van der Waals surface area contributed by atoms with E-state index in [4.69, 9.17) is 9.05 Å². The van der Waals surface area contributed by atoms with Gasteiger partial charge in [0, 0.05) is 0 Å². The molecule has 0 radical (unpaired) electrons. The molecule has 180 valence electrons. The van der Waals surface area contributed by atoms with Gasteiger partial charge in [-0.15, -0.1) is 0 Å². The lowest BCUT2D eigenvalue weighted by Gasteiger charge is -2.17. The fourth-order valence-corrected chi connectivity index (χ4v) is 6.02. The largest absolute Gasteiger partial charge is 0.405 e. The molecular weight excluding hydrogens is 454 g/mol. The van der Waals surface area contributed by atoms with Crippen LogP contribution in [0.25, 0.3) is 11.1 Å². The Morgan fingerprint density at radius 3 is 2.33 bits per heavy atom. The Kier molecular flexibility index (Phi) is 8.38. The molecule has 0 spiro atoms. The summed E-state index contributed by atoms with van der Waals surface area (Å²) in [5, 5.41) is 2.04. The molecule has 0 saturated heterocycles. The van der Waals surface area contributed by atoms with E-state index in [0.29, 0.717) is 43.3 Å². The van der Waals surface area contributed by atoms with E-state index in [1.807, 2.05) is 29.6 Å². The number of unbranched alkanes of at least 4 members (excludes halogenated alkanes) is 1. The molecule has 0 aromatic heterocycles. The normalized spacial score (nSPS) is 15.2. The van der Waals surface area contributed by atoms with E-state index in [1.165, 1.54) is 0 Å². The van der Waals surface area contributed by atoms with Crippen molar-refractivity contribution in [2.24, 2.45) is 0 Å². The van der Waals surface area contributed by atoms with Crippen molar-refractivity contribution in [3.8, 4) is 11.1 Å². The summed E-state index contributed by atoms with van der Waals surface area (Å²) in [5.41, 5.74) is 4.19. The lowest BCUT2D eigenvalue weighted by atomic mass is 9.93. The molecule has 3 rings (SSSR count). The van der Waals surface area contributed by atoms with Crippen molar-refractivity contribution in [3.63, 3.8) is 0 Å². The third-order valence-corrected chi connectivity index (χ3v) is 7.71. The van der Waals surface area contributed by atoms with Crippen molar-refractivity contribution in [1.82, 2.24) is 5.32 Å². The van der Waals surface area contributed by atoms with Gasteiger partial charge in [-0.3, -0.25) is 9.36 Å². The van der Waals surface area contributed by atoms with Crippen LogP contribution in [0.2, 0.25) is 0 Å². The summed E-state index contributed by atoms with van der Waals surface area (Å²) in [6.07, 6.45) is -2.11. The first-order chi connectivity index (χ1) is 15.7. The Morgan fingerprint density at radius 1 is 1.00 bits per heavy atom. The highest BCUT2D eigenvalue weighted by atomic mass is 31.2. The lowest BCUT2D eigenvalue weighted by Crippen LogP contribution is -2.36. The molecule has 2 aromatic carbocycles. The molecule has 33 heavy (non-hydrogen) atoms. The molecule has 0 fully saturated rings. The molecule has 1 amide bonds. The summed E-state index contributed by atoms with van der Waals surface area (Å²) < 4.78 is 61.3. The van der Waals surface area contributed by atoms with Crippen molar-refractivity contribution in [1.29, 1.82) is 0 Å². The van der Waals surface area contributed by atoms with Crippen LogP contribution in [-0.4, -0.2) is 38.0 Å². The third kappa shape index (κ3) is 6.25. The standard InChI is InChI=1S/C24H29F3NO4P/c1-3-31-33(30,32-4-2)15-8-7-10-17-11-9-14-20-21(17)18-12-5-6-13-19(18)22(20)23(29)28-16-24(25,26)27/h5-6,9,11-14,22H,3-4,7-8,10,15-16H2,1-2H3,(H,28,29). The Labute approximate surface area is 192 Å². The predicted octanol–water partition coefficient (Wildman–Crippen LogP) is 6.07. The fourth-order valence-electron chi connectivity index (χ4n) is 4.29. The highest BCUT2D eigenvalue weighted by molar-refractivity contribution is 7.53. The highest BCUT2D eigenvalue weighted by Crippen LogP contribution is 2.49. The minimum absolute atomic E-state index is 0.318. The van der Waals surface area contributed by atoms with Gasteiger partial charge in [0.2, 0.25) is 5.91 Å².